The fourth-order valence-electron chi connectivity index (χ4n) is 4.03. The molecular formula is C20H14F3N9O2. The maximum absolute atomic E-state index is 14.3. The van der Waals surface area contributed by atoms with Gasteiger partial charge in [0.05, 0.1) is 29.5 Å². The largest absolute Gasteiger partial charge is 0.412 e. The van der Waals surface area contributed by atoms with Crippen molar-refractivity contribution in [1.82, 2.24) is 44.5 Å². The first-order chi connectivity index (χ1) is 16.5. The van der Waals surface area contributed by atoms with E-state index >= 15 is 0 Å². The number of rotatable bonds is 4. The average Bonchev–Trinajstić information content (AvgIpc) is 3.62. The van der Waals surface area contributed by atoms with Crippen LogP contribution >= 0.6 is 0 Å². The molecule has 0 aromatic carbocycles. The van der Waals surface area contributed by atoms with Crippen LogP contribution in [0.15, 0.2) is 47.5 Å². The van der Waals surface area contributed by atoms with E-state index in [1.165, 1.54) is 27.9 Å². The SMILES string of the molecule is O=C(c1nnc(-c2cnn(C(F)F)c2)o1)N1CCc2[nH]cnc2[C@H]1c1cc2c(F)cccn2n1. The van der Waals surface area contributed by atoms with E-state index in [0.717, 1.165) is 18.1 Å². The van der Waals surface area contributed by atoms with Gasteiger partial charge in [-0.1, -0.05) is 0 Å². The van der Waals surface area contributed by atoms with Gasteiger partial charge in [0.1, 0.15) is 17.4 Å². The van der Waals surface area contributed by atoms with Gasteiger partial charge in [0.25, 0.3) is 5.89 Å². The molecule has 0 saturated heterocycles. The third kappa shape index (κ3) is 3.14. The van der Waals surface area contributed by atoms with Crippen LogP contribution in [0.1, 0.15) is 40.4 Å². The highest BCUT2D eigenvalue weighted by Crippen LogP contribution is 2.34. The third-order valence-corrected chi connectivity index (χ3v) is 5.59. The first-order valence-electron chi connectivity index (χ1n) is 10.1. The zero-order valence-electron chi connectivity index (χ0n) is 17.1. The molecule has 0 saturated carbocycles. The lowest BCUT2D eigenvalue weighted by Gasteiger charge is -2.32. The molecule has 34 heavy (non-hydrogen) atoms. The highest BCUT2D eigenvalue weighted by Gasteiger charge is 2.38. The number of imidazole rings is 1. The van der Waals surface area contributed by atoms with Crippen LogP contribution in [0, 0.1) is 5.82 Å². The van der Waals surface area contributed by atoms with Gasteiger partial charge >= 0.3 is 18.3 Å². The summed E-state index contributed by atoms with van der Waals surface area (Å²) in [6.07, 6.45) is 5.79. The number of aromatic nitrogens is 8. The molecule has 1 N–H and O–H groups in total. The fraction of sp³-hybridized carbons (Fsp3) is 0.200. The Morgan fingerprint density at radius 1 is 1.29 bits per heavy atom. The maximum Gasteiger partial charge on any atom is 0.333 e. The summed E-state index contributed by atoms with van der Waals surface area (Å²) in [5, 5.41) is 15.6. The predicted octanol–water partition coefficient (Wildman–Crippen LogP) is 2.63. The van der Waals surface area contributed by atoms with E-state index in [-0.39, 0.29) is 29.4 Å². The van der Waals surface area contributed by atoms with Crippen molar-refractivity contribution in [3.05, 3.63) is 71.9 Å². The molecule has 172 valence electrons. The second-order valence-corrected chi connectivity index (χ2v) is 7.57. The average molecular weight is 469 g/mol. The van der Waals surface area contributed by atoms with Crippen molar-refractivity contribution < 1.29 is 22.4 Å². The van der Waals surface area contributed by atoms with Crippen molar-refractivity contribution in [3.63, 3.8) is 0 Å². The van der Waals surface area contributed by atoms with Gasteiger partial charge in [-0.25, -0.2) is 18.6 Å². The number of nitrogens with zero attached hydrogens (tertiary/aromatic N) is 8. The van der Waals surface area contributed by atoms with E-state index in [1.807, 2.05) is 0 Å². The molecule has 6 heterocycles. The molecule has 1 aliphatic heterocycles. The van der Waals surface area contributed by atoms with Gasteiger partial charge in [0, 0.05) is 31.1 Å². The summed E-state index contributed by atoms with van der Waals surface area (Å²) in [7, 11) is 0. The minimum atomic E-state index is -2.83. The predicted molar refractivity (Wildman–Crippen MR) is 107 cm³/mol. The van der Waals surface area contributed by atoms with Crippen LogP contribution < -0.4 is 0 Å². The topological polar surface area (TPSA) is 123 Å². The van der Waals surface area contributed by atoms with Crippen LogP contribution in [0.4, 0.5) is 13.2 Å². The molecule has 0 radical (unpaired) electrons. The number of pyridine rings is 1. The summed E-state index contributed by atoms with van der Waals surface area (Å²) in [5.41, 5.74) is 2.21. The van der Waals surface area contributed by atoms with Crippen LogP contribution in [0.25, 0.3) is 17.0 Å². The van der Waals surface area contributed by atoms with Crippen molar-refractivity contribution >= 4 is 11.4 Å². The number of halogens is 3. The lowest BCUT2D eigenvalue weighted by molar-refractivity contribution is 0.0566. The highest BCUT2D eigenvalue weighted by atomic mass is 19.3. The Kier molecular flexibility index (Phi) is 4.46. The number of fused-ring (bicyclic) bond motifs is 2. The number of amides is 1. The number of aromatic amines is 1. The molecule has 14 heteroatoms. The van der Waals surface area contributed by atoms with Crippen LogP contribution in [0.3, 0.4) is 0 Å². The Hall–Kier alpha value is -4.49. The number of alkyl halides is 2. The molecule has 0 fully saturated rings. The smallest absolute Gasteiger partial charge is 0.333 e. The Balaban J connectivity index is 1.37. The standard InChI is InChI=1S/C20H14F3N9O2/c21-11-2-1-4-31-14(11)6-13(29-31)16-15-12(24-9-25-15)3-5-30(16)19(33)18-28-27-17(34-18)10-7-26-32(8-10)20(22)23/h1-2,4,6-9,16,20H,3,5H2,(H,24,25)/t16-/m1/s1. The summed E-state index contributed by atoms with van der Waals surface area (Å²) in [6, 6.07) is 3.67. The molecule has 5 aromatic heterocycles. The van der Waals surface area contributed by atoms with Gasteiger partial charge in [0.15, 0.2) is 0 Å². The molecule has 1 aliphatic rings. The molecule has 6 rings (SSSR count). The van der Waals surface area contributed by atoms with E-state index in [0.29, 0.717) is 22.5 Å². The van der Waals surface area contributed by atoms with Crippen molar-refractivity contribution in [3.8, 4) is 11.5 Å². The molecule has 0 unspecified atom stereocenters. The zero-order chi connectivity index (χ0) is 23.4. The first kappa shape index (κ1) is 20.1. The molecule has 5 aromatic rings. The maximum atomic E-state index is 14.3. The second kappa shape index (κ2) is 7.54. The van der Waals surface area contributed by atoms with Gasteiger partial charge < -0.3 is 14.3 Å². The lowest BCUT2D eigenvalue weighted by Crippen LogP contribution is -2.41. The van der Waals surface area contributed by atoms with Crippen LogP contribution in [-0.2, 0) is 6.42 Å². The molecule has 1 amide bonds. The number of hydrogen-bond donors (Lipinski definition) is 1. The number of carbonyl (C=O) groups excluding carboxylic acids is 1. The Bertz CT molecular complexity index is 1520. The molecule has 1 atom stereocenters. The normalized spacial score (nSPS) is 15.9. The van der Waals surface area contributed by atoms with Gasteiger partial charge in [-0.2, -0.15) is 19.0 Å². The van der Waals surface area contributed by atoms with Crippen molar-refractivity contribution in [1.29, 1.82) is 0 Å². The van der Waals surface area contributed by atoms with E-state index < -0.39 is 24.3 Å². The van der Waals surface area contributed by atoms with Crippen molar-refractivity contribution in [2.75, 3.05) is 6.54 Å². The van der Waals surface area contributed by atoms with E-state index in [2.05, 4.69) is 30.4 Å². The summed E-state index contributed by atoms with van der Waals surface area (Å²) in [6.45, 7) is -2.55. The number of nitrogens with one attached hydrogen (secondary N) is 1. The number of hydrogen-bond acceptors (Lipinski definition) is 7. The molecule has 0 spiro atoms. The minimum Gasteiger partial charge on any atom is -0.412 e. The Labute approximate surface area is 187 Å². The summed E-state index contributed by atoms with van der Waals surface area (Å²) in [5.74, 6) is -1.52. The zero-order valence-corrected chi connectivity index (χ0v) is 17.1. The van der Waals surface area contributed by atoms with E-state index in [4.69, 9.17) is 4.42 Å². The van der Waals surface area contributed by atoms with Gasteiger partial charge in [0.2, 0.25) is 0 Å². The van der Waals surface area contributed by atoms with Gasteiger partial charge in [-0.3, -0.25) is 4.79 Å². The Morgan fingerprint density at radius 2 is 2.18 bits per heavy atom. The monoisotopic (exact) mass is 469 g/mol. The van der Waals surface area contributed by atoms with Crippen molar-refractivity contribution in [2.24, 2.45) is 0 Å². The molecule has 0 bridgehead atoms. The third-order valence-electron chi connectivity index (χ3n) is 5.59. The van der Waals surface area contributed by atoms with Crippen LogP contribution in [0.2, 0.25) is 0 Å². The lowest BCUT2D eigenvalue weighted by atomic mass is 9.99. The Morgan fingerprint density at radius 3 is 2.97 bits per heavy atom. The molecular weight excluding hydrogens is 455 g/mol. The van der Waals surface area contributed by atoms with Gasteiger partial charge in [-0.15, -0.1) is 10.2 Å². The van der Waals surface area contributed by atoms with Crippen LogP contribution in [-0.4, -0.2) is 56.9 Å². The second-order valence-electron chi connectivity index (χ2n) is 7.57. The summed E-state index contributed by atoms with van der Waals surface area (Å²) in [4.78, 5) is 22.3. The fourth-order valence-corrected chi connectivity index (χ4v) is 4.03. The molecule has 0 aliphatic carbocycles. The summed E-state index contributed by atoms with van der Waals surface area (Å²) >= 11 is 0. The minimum absolute atomic E-state index is 0.126. The van der Waals surface area contributed by atoms with E-state index in [1.54, 1.807) is 12.3 Å². The number of carbonyl (C=O) groups is 1. The highest BCUT2D eigenvalue weighted by molar-refractivity contribution is 5.90. The van der Waals surface area contributed by atoms with Gasteiger partial charge in [-0.05, 0) is 18.2 Å². The molecule has 11 nitrogen and oxygen atoms in total. The quantitative estimate of drug-likeness (QED) is 0.429. The number of H-pyrrole nitrogens is 1. The van der Waals surface area contributed by atoms with Crippen LogP contribution in [0.5, 0.6) is 0 Å². The van der Waals surface area contributed by atoms with E-state index in [9.17, 15) is 18.0 Å². The summed E-state index contributed by atoms with van der Waals surface area (Å²) < 4.78 is 47.2. The van der Waals surface area contributed by atoms with Crippen molar-refractivity contribution in [2.45, 2.75) is 19.0 Å². The first-order valence-corrected chi connectivity index (χ1v) is 10.1.